The van der Waals surface area contributed by atoms with Crippen molar-refractivity contribution < 1.29 is 4.52 Å². The van der Waals surface area contributed by atoms with Gasteiger partial charge in [-0.2, -0.15) is 4.98 Å². The van der Waals surface area contributed by atoms with Crippen molar-refractivity contribution in [1.82, 2.24) is 10.1 Å². The Bertz CT molecular complexity index is 208. The maximum absolute atomic E-state index is 4.76. The highest BCUT2D eigenvalue weighted by Gasteiger charge is 1.98. The Morgan fingerprint density at radius 3 is 3.00 bits per heavy atom. The van der Waals surface area contributed by atoms with Gasteiger partial charge in [0.1, 0.15) is 0 Å². The Hall–Kier alpha value is -0.390. The third-order valence-corrected chi connectivity index (χ3v) is 1.20. The van der Waals surface area contributed by atoms with Gasteiger partial charge in [0.15, 0.2) is 0 Å². The number of allylic oxidation sites excluding steroid dienone is 1. The molecule has 0 radical (unpaired) electrons. The van der Waals surface area contributed by atoms with E-state index >= 15 is 0 Å². The van der Waals surface area contributed by atoms with Crippen LogP contribution < -0.4 is 0 Å². The van der Waals surface area contributed by atoms with E-state index in [4.69, 9.17) is 4.52 Å². The molecule has 0 aromatic carbocycles. The zero-order chi connectivity index (χ0) is 6.69. The number of hydrogen-bond donors (Lipinski definition) is 0. The molecule has 0 atom stereocenters. The molecule has 1 rings (SSSR count). The van der Waals surface area contributed by atoms with Crippen molar-refractivity contribution in [3.8, 4) is 0 Å². The van der Waals surface area contributed by atoms with Crippen LogP contribution in [0.4, 0.5) is 0 Å². The van der Waals surface area contributed by atoms with Crippen LogP contribution in [-0.2, 0) is 6.42 Å². The minimum atomic E-state index is 0.620. The number of nitrogens with zero attached hydrogens (tertiary/aromatic N) is 2. The molecule has 1 aromatic rings. The third kappa shape index (κ3) is 1.78. The van der Waals surface area contributed by atoms with Gasteiger partial charge < -0.3 is 4.52 Å². The summed E-state index contributed by atoms with van der Waals surface area (Å²) in [7, 11) is 0. The summed E-state index contributed by atoms with van der Waals surface area (Å²) in [5, 5.41) is 3.59. The van der Waals surface area contributed by atoms with Gasteiger partial charge in [-0.3, -0.25) is 0 Å². The van der Waals surface area contributed by atoms with Gasteiger partial charge in [-0.25, -0.2) is 0 Å². The molecule has 0 aliphatic heterocycles. The fraction of sp³-hybridized carbons (Fsp3) is 0.200. The first kappa shape index (κ1) is 6.73. The summed E-state index contributed by atoms with van der Waals surface area (Å²) in [6.07, 6.45) is 2.37. The van der Waals surface area contributed by atoms with Gasteiger partial charge in [0.2, 0.25) is 9.72 Å². The second kappa shape index (κ2) is 2.95. The topological polar surface area (TPSA) is 38.9 Å². The molecule has 0 fully saturated rings. The molecule has 9 heavy (non-hydrogen) atoms. The fourth-order valence-electron chi connectivity index (χ4n) is 0.440. The molecule has 0 spiro atoms. The van der Waals surface area contributed by atoms with Crippen LogP contribution in [0.15, 0.2) is 17.2 Å². The van der Waals surface area contributed by atoms with E-state index in [0.717, 1.165) is 0 Å². The standard InChI is InChI=1S/C5H5IN2O/c1-2-3-4-7-5(6)8-9-4/h2H,1,3H2. The molecule has 0 unspecified atom stereocenters. The van der Waals surface area contributed by atoms with Crippen LogP contribution in [-0.4, -0.2) is 10.1 Å². The Balaban J connectivity index is 2.72. The van der Waals surface area contributed by atoms with E-state index < -0.39 is 0 Å². The number of rotatable bonds is 2. The summed E-state index contributed by atoms with van der Waals surface area (Å²) in [6.45, 7) is 3.53. The summed E-state index contributed by atoms with van der Waals surface area (Å²) in [5.74, 6) is 0.620. The van der Waals surface area contributed by atoms with Crippen molar-refractivity contribution in [3.63, 3.8) is 0 Å². The SMILES string of the molecule is C=CCc1nc(I)no1. The molecule has 0 N–H and O–H groups in total. The van der Waals surface area contributed by atoms with Crippen LogP contribution in [0.2, 0.25) is 0 Å². The third-order valence-electron chi connectivity index (χ3n) is 0.762. The lowest BCUT2D eigenvalue weighted by Gasteiger charge is -1.77. The van der Waals surface area contributed by atoms with E-state index in [9.17, 15) is 0 Å². The van der Waals surface area contributed by atoms with Crippen LogP contribution in [0, 0.1) is 3.83 Å². The highest BCUT2D eigenvalue weighted by Crippen LogP contribution is 2.00. The van der Waals surface area contributed by atoms with Crippen molar-refractivity contribution in [2.45, 2.75) is 6.42 Å². The largest absolute Gasteiger partial charge is 0.338 e. The molecule has 4 heteroatoms. The molecule has 1 aromatic heterocycles. The second-order valence-electron chi connectivity index (χ2n) is 1.45. The number of halogens is 1. The first-order chi connectivity index (χ1) is 4.33. The van der Waals surface area contributed by atoms with E-state index in [1.54, 1.807) is 6.08 Å². The van der Waals surface area contributed by atoms with Crippen LogP contribution in [0.1, 0.15) is 5.89 Å². The van der Waals surface area contributed by atoms with Crippen molar-refractivity contribution in [2.24, 2.45) is 0 Å². The van der Waals surface area contributed by atoms with Crippen LogP contribution in [0.25, 0.3) is 0 Å². The van der Waals surface area contributed by atoms with Crippen molar-refractivity contribution >= 4 is 22.6 Å². The van der Waals surface area contributed by atoms with Crippen LogP contribution in [0.3, 0.4) is 0 Å². The highest BCUT2D eigenvalue weighted by atomic mass is 127. The van der Waals surface area contributed by atoms with Crippen molar-refractivity contribution in [2.75, 3.05) is 0 Å². The molecule has 0 aliphatic carbocycles. The summed E-state index contributed by atoms with van der Waals surface area (Å²) in [5.41, 5.74) is 0. The molecule has 0 aliphatic rings. The number of hydrogen-bond acceptors (Lipinski definition) is 3. The smallest absolute Gasteiger partial charge is 0.232 e. The van der Waals surface area contributed by atoms with Crippen molar-refractivity contribution in [3.05, 3.63) is 22.4 Å². The first-order valence-corrected chi connectivity index (χ1v) is 3.50. The predicted octanol–water partition coefficient (Wildman–Crippen LogP) is 1.40. The summed E-state index contributed by atoms with van der Waals surface area (Å²) in [6, 6.07) is 0. The molecule has 1 heterocycles. The van der Waals surface area contributed by atoms with Gasteiger partial charge in [0, 0.05) is 29.0 Å². The summed E-state index contributed by atoms with van der Waals surface area (Å²) in [4.78, 5) is 3.94. The van der Waals surface area contributed by atoms with E-state index in [1.807, 2.05) is 22.6 Å². The van der Waals surface area contributed by atoms with E-state index in [2.05, 4.69) is 16.7 Å². The maximum atomic E-state index is 4.76. The van der Waals surface area contributed by atoms with E-state index in [1.165, 1.54) is 0 Å². The minimum absolute atomic E-state index is 0.620. The molecule has 0 amide bonds. The molecule has 48 valence electrons. The van der Waals surface area contributed by atoms with Gasteiger partial charge in [0.05, 0.1) is 0 Å². The molecular weight excluding hydrogens is 231 g/mol. The molecular formula is C5H5IN2O. The van der Waals surface area contributed by atoms with E-state index in [0.29, 0.717) is 16.1 Å². The Labute approximate surface area is 66.3 Å². The first-order valence-electron chi connectivity index (χ1n) is 2.42. The molecule has 0 bridgehead atoms. The van der Waals surface area contributed by atoms with E-state index in [-0.39, 0.29) is 0 Å². The zero-order valence-electron chi connectivity index (χ0n) is 4.67. The van der Waals surface area contributed by atoms with Crippen LogP contribution >= 0.6 is 22.6 Å². The van der Waals surface area contributed by atoms with Gasteiger partial charge in [-0.1, -0.05) is 11.2 Å². The highest BCUT2D eigenvalue weighted by molar-refractivity contribution is 14.1. The minimum Gasteiger partial charge on any atom is -0.338 e. The van der Waals surface area contributed by atoms with Crippen LogP contribution in [0.5, 0.6) is 0 Å². The normalized spacial score (nSPS) is 9.44. The van der Waals surface area contributed by atoms with Gasteiger partial charge >= 0.3 is 0 Å². The number of aromatic nitrogens is 2. The fourth-order valence-corrected chi connectivity index (χ4v) is 0.808. The zero-order valence-corrected chi connectivity index (χ0v) is 6.83. The Morgan fingerprint density at radius 1 is 1.78 bits per heavy atom. The second-order valence-corrected chi connectivity index (χ2v) is 2.41. The summed E-state index contributed by atoms with van der Waals surface area (Å²) < 4.78 is 5.41. The quantitative estimate of drug-likeness (QED) is 0.575. The molecule has 3 nitrogen and oxygen atoms in total. The summed E-state index contributed by atoms with van der Waals surface area (Å²) >= 11 is 1.99. The maximum Gasteiger partial charge on any atom is 0.232 e. The lowest BCUT2D eigenvalue weighted by atomic mass is 10.4. The predicted molar refractivity (Wildman–Crippen MR) is 40.9 cm³/mol. The average Bonchev–Trinajstić information content (AvgIpc) is 2.17. The average molecular weight is 236 g/mol. The lowest BCUT2D eigenvalue weighted by molar-refractivity contribution is 0.382. The van der Waals surface area contributed by atoms with Gasteiger partial charge in [0.25, 0.3) is 0 Å². The lowest BCUT2D eigenvalue weighted by Crippen LogP contribution is -1.78. The monoisotopic (exact) mass is 236 g/mol. The Morgan fingerprint density at radius 2 is 2.56 bits per heavy atom. The van der Waals surface area contributed by atoms with Gasteiger partial charge in [-0.15, -0.1) is 6.58 Å². The Kier molecular flexibility index (Phi) is 2.21. The molecule has 0 saturated carbocycles. The van der Waals surface area contributed by atoms with Crippen molar-refractivity contribution in [1.29, 1.82) is 0 Å². The van der Waals surface area contributed by atoms with Gasteiger partial charge in [-0.05, 0) is 0 Å². The molecule has 0 saturated heterocycles.